The maximum absolute atomic E-state index is 13.0. The minimum atomic E-state index is -4.50. The maximum Gasteiger partial charge on any atom is 1.00 e. The molecule has 11 atom stereocenters. The standard InChI is InChI=1S/C28H48FNO7S.Na/c1-17(4-7-25(34)30(11-10-29)12-13-38(35,36)37)20-5-6-21-26-22(16-24(33)28(20,21)3)27(2)9-8-19(31)14-18(27)15-23(26)32;/h17-24,26,31-33H,4-16H2,1-3H3,(H,35,36,37);/q;+1/p-1/t17-,18?,19-,20-,21?,22?,23-,24+,26?,27+,28-;/m1./s1/i29-1;. The third kappa shape index (κ3) is 6.58. The molecule has 0 aromatic heterocycles. The number of carbonyl (C=O) groups is 1. The third-order valence-electron chi connectivity index (χ3n) is 11.7. The smallest absolute Gasteiger partial charge is 0.748 e. The fraction of sp³-hybridized carbons (Fsp3) is 0.964. The van der Waals surface area contributed by atoms with Gasteiger partial charge in [-0.25, -0.2) is 12.8 Å². The van der Waals surface area contributed by atoms with Crippen molar-refractivity contribution in [3.05, 3.63) is 0 Å². The van der Waals surface area contributed by atoms with Gasteiger partial charge in [0.2, 0.25) is 5.91 Å². The molecular formula is C28H47FNNaO7S. The van der Waals surface area contributed by atoms with Gasteiger partial charge in [0.25, 0.3) is 0 Å². The quantitative estimate of drug-likeness (QED) is 0.251. The molecule has 0 spiro atoms. The van der Waals surface area contributed by atoms with Crippen LogP contribution in [0.1, 0.15) is 78.6 Å². The molecule has 1 amide bonds. The minimum Gasteiger partial charge on any atom is -0.748 e. The van der Waals surface area contributed by atoms with Gasteiger partial charge in [0, 0.05) is 19.5 Å². The van der Waals surface area contributed by atoms with Gasteiger partial charge in [-0.05, 0) is 97.7 Å². The first-order valence-corrected chi connectivity index (χ1v) is 16.1. The number of rotatable bonds is 9. The fourth-order valence-corrected chi connectivity index (χ4v) is 9.97. The Bertz CT molecular complexity index is 972. The summed E-state index contributed by atoms with van der Waals surface area (Å²) in [6, 6.07) is 0. The Kier molecular flexibility index (Phi) is 11.1. The van der Waals surface area contributed by atoms with E-state index in [1.165, 1.54) is 0 Å². The van der Waals surface area contributed by atoms with Crippen LogP contribution in [0.25, 0.3) is 0 Å². The molecular weight excluding hydrogens is 535 g/mol. The number of aliphatic hydroxyl groups excluding tert-OH is 3. The van der Waals surface area contributed by atoms with Crippen LogP contribution in [0.5, 0.6) is 0 Å². The molecule has 4 saturated carbocycles. The molecule has 0 heterocycles. The van der Waals surface area contributed by atoms with Crippen molar-refractivity contribution in [2.45, 2.75) is 96.9 Å². The van der Waals surface area contributed by atoms with Gasteiger partial charge in [0.15, 0.2) is 0 Å². The molecule has 4 unspecified atom stereocenters. The molecule has 11 heteroatoms. The summed E-state index contributed by atoms with van der Waals surface area (Å²) in [5, 5.41) is 33.4. The van der Waals surface area contributed by atoms with Gasteiger partial charge in [0.1, 0.15) is 6.67 Å². The first-order valence-electron chi connectivity index (χ1n) is 14.5. The zero-order chi connectivity index (χ0) is 28.0. The van der Waals surface area contributed by atoms with E-state index in [1.54, 1.807) is 0 Å². The van der Waals surface area contributed by atoms with Crippen LogP contribution in [-0.4, -0.2) is 82.9 Å². The van der Waals surface area contributed by atoms with Gasteiger partial charge in [0.05, 0.1) is 34.2 Å². The average molecular weight is 583 g/mol. The van der Waals surface area contributed by atoms with Crippen LogP contribution in [0.4, 0.5) is 4.39 Å². The number of carbonyl (C=O) groups excluding carboxylic acids is 1. The Morgan fingerprint density at radius 1 is 1.08 bits per heavy atom. The molecule has 4 fully saturated rings. The Hall–Kier alpha value is 0.190. The van der Waals surface area contributed by atoms with Crippen LogP contribution in [0.15, 0.2) is 0 Å². The molecule has 8 nitrogen and oxygen atoms in total. The maximum atomic E-state index is 13.0. The zero-order valence-electron chi connectivity index (χ0n) is 24.1. The second kappa shape index (κ2) is 12.8. The summed E-state index contributed by atoms with van der Waals surface area (Å²) in [5.41, 5.74) is -0.365. The normalized spacial score (nSPS) is 42.5. The number of hydrogen-bond acceptors (Lipinski definition) is 7. The summed E-state index contributed by atoms with van der Waals surface area (Å²) in [5.74, 6) is -0.0280. The molecule has 0 saturated heterocycles. The van der Waals surface area contributed by atoms with Crippen molar-refractivity contribution in [2.75, 3.05) is 25.5 Å². The van der Waals surface area contributed by atoms with Crippen molar-refractivity contribution in [1.82, 2.24) is 4.90 Å². The van der Waals surface area contributed by atoms with E-state index in [9.17, 15) is 37.5 Å². The second-order valence-corrected chi connectivity index (χ2v) is 14.9. The van der Waals surface area contributed by atoms with Crippen LogP contribution in [0.3, 0.4) is 0 Å². The summed E-state index contributed by atoms with van der Waals surface area (Å²) in [7, 11) is -4.50. The largest absolute Gasteiger partial charge is 1.00 e. The van der Waals surface area contributed by atoms with E-state index < -0.39 is 34.8 Å². The number of hydrogen-bond donors (Lipinski definition) is 3. The molecule has 39 heavy (non-hydrogen) atoms. The van der Waals surface area contributed by atoms with E-state index in [0.717, 1.165) is 37.0 Å². The molecule has 0 aromatic rings. The van der Waals surface area contributed by atoms with E-state index >= 15 is 0 Å². The number of halogens is 1. The number of amides is 1. The Morgan fingerprint density at radius 2 is 1.77 bits per heavy atom. The van der Waals surface area contributed by atoms with Crippen molar-refractivity contribution >= 4 is 16.0 Å². The second-order valence-electron chi connectivity index (χ2n) is 13.4. The van der Waals surface area contributed by atoms with Crippen molar-refractivity contribution in [1.29, 1.82) is 0 Å². The molecule has 0 aromatic carbocycles. The molecule has 4 aliphatic rings. The van der Waals surface area contributed by atoms with E-state index in [0.29, 0.717) is 19.3 Å². The minimum absolute atomic E-state index is 0. The summed E-state index contributed by atoms with van der Waals surface area (Å²) in [6.45, 7) is 5.21. The SMILES string of the molecule is C[C@H](CCC(=O)N(CC[18F])CCS(=O)(=O)[O-])[C@H]1CCC2C3C(C[C@H](O)[C@@]21C)[C@@]1(C)CC[C@@H](O)CC1C[C@H]3O.[Na+]. The number of nitrogens with zero attached hydrogens (tertiary/aromatic N) is 1. The Balaban J connectivity index is 0.00000420. The van der Waals surface area contributed by atoms with Gasteiger partial charge in [-0.1, -0.05) is 20.8 Å². The molecule has 0 radical (unpaired) electrons. The van der Waals surface area contributed by atoms with Gasteiger partial charge < -0.3 is 24.8 Å². The topological polar surface area (TPSA) is 138 Å². The fourth-order valence-electron chi connectivity index (χ4n) is 9.53. The first-order chi connectivity index (χ1) is 17.7. The Labute approximate surface area is 255 Å². The van der Waals surface area contributed by atoms with Gasteiger partial charge in [-0.2, -0.15) is 0 Å². The van der Waals surface area contributed by atoms with Gasteiger partial charge in [-0.3, -0.25) is 4.79 Å². The van der Waals surface area contributed by atoms with Crippen molar-refractivity contribution in [2.24, 2.45) is 46.3 Å². The summed E-state index contributed by atoms with van der Waals surface area (Å²) in [4.78, 5) is 13.9. The summed E-state index contributed by atoms with van der Waals surface area (Å²) in [6.07, 6.45) is 5.00. The predicted octanol–water partition coefficient (Wildman–Crippen LogP) is -0.289. The molecule has 4 aliphatic carbocycles. The Morgan fingerprint density at radius 3 is 2.41 bits per heavy atom. The summed E-state index contributed by atoms with van der Waals surface area (Å²) >= 11 is 0. The molecule has 3 N–H and O–H groups in total. The van der Waals surface area contributed by atoms with E-state index in [4.69, 9.17) is 0 Å². The average Bonchev–Trinajstić information content (AvgIpc) is 3.19. The van der Waals surface area contributed by atoms with Crippen molar-refractivity contribution < 1.29 is 67.0 Å². The van der Waals surface area contributed by atoms with Gasteiger partial charge in [-0.15, -0.1) is 0 Å². The number of fused-ring (bicyclic) bond motifs is 5. The summed E-state index contributed by atoms with van der Waals surface area (Å²) < 4.78 is 46.0. The zero-order valence-corrected chi connectivity index (χ0v) is 26.9. The number of alkyl halides is 1. The van der Waals surface area contributed by atoms with Crippen LogP contribution in [-0.2, 0) is 14.9 Å². The number of aliphatic hydroxyl groups is 3. The molecule has 0 aliphatic heterocycles. The van der Waals surface area contributed by atoms with Crippen molar-refractivity contribution in [3.63, 3.8) is 0 Å². The molecule has 4 rings (SSSR count). The van der Waals surface area contributed by atoms with E-state index in [2.05, 4.69) is 20.8 Å². The van der Waals surface area contributed by atoms with Crippen LogP contribution in [0.2, 0.25) is 0 Å². The van der Waals surface area contributed by atoms with E-state index in [-0.39, 0.29) is 107 Å². The molecule has 220 valence electrons. The first kappa shape index (κ1) is 33.7. The third-order valence-corrected chi connectivity index (χ3v) is 12.3. The van der Waals surface area contributed by atoms with Gasteiger partial charge >= 0.3 is 29.6 Å². The molecule has 0 bridgehead atoms. The van der Waals surface area contributed by atoms with E-state index in [1.807, 2.05) is 0 Å². The van der Waals surface area contributed by atoms with Crippen LogP contribution in [0, 0.1) is 46.3 Å². The van der Waals surface area contributed by atoms with Crippen LogP contribution < -0.4 is 29.6 Å². The van der Waals surface area contributed by atoms with Crippen LogP contribution >= 0.6 is 0 Å². The monoisotopic (exact) mass is 582 g/mol. The van der Waals surface area contributed by atoms with Crippen molar-refractivity contribution in [3.8, 4) is 0 Å². The predicted molar refractivity (Wildman–Crippen MR) is 140 cm³/mol.